The van der Waals surface area contributed by atoms with E-state index in [1.54, 1.807) is 11.8 Å². The number of rotatable bonds is 7. The maximum absolute atomic E-state index is 13.2. The summed E-state index contributed by atoms with van der Waals surface area (Å²) < 4.78 is 26.1. The number of benzene rings is 1. The van der Waals surface area contributed by atoms with Gasteiger partial charge in [0.05, 0.1) is 5.69 Å². The lowest BCUT2D eigenvalue weighted by molar-refractivity contribution is 0.252. The van der Waals surface area contributed by atoms with E-state index in [2.05, 4.69) is 10.6 Å². The summed E-state index contributed by atoms with van der Waals surface area (Å²) in [5.41, 5.74) is -0.189. The van der Waals surface area contributed by atoms with Crippen LogP contribution in [0, 0.1) is 11.6 Å². The molecule has 1 aromatic rings. The number of carbonyl (C=O) groups excluding carboxylic acids is 1. The fourth-order valence-electron chi connectivity index (χ4n) is 1.27. The molecule has 0 aliphatic heterocycles. The van der Waals surface area contributed by atoms with Gasteiger partial charge >= 0.3 is 6.03 Å². The van der Waals surface area contributed by atoms with E-state index < -0.39 is 17.7 Å². The topological polar surface area (TPSA) is 61.4 Å². The standard InChI is InChI=1S/C12H16F2N2O2S/c13-9-3-1-4-10(11(9)14)16-12(18)15-5-8-19-7-2-6-17/h1,3-4,17H,2,5-8H2,(H2,15,16,18). The molecule has 0 aromatic heterocycles. The smallest absolute Gasteiger partial charge is 0.319 e. The zero-order chi connectivity index (χ0) is 14.1. The summed E-state index contributed by atoms with van der Waals surface area (Å²) in [4.78, 5) is 11.4. The molecule has 0 fully saturated rings. The Bertz CT molecular complexity index is 419. The third-order valence-electron chi connectivity index (χ3n) is 2.18. The molecule has 0 atom stereocenters. The maximum Gasteiger partial charge on any atom is 0.319 e. The molecule has 0 radical (unpaired) electrons. The van der Waals surface area contributed by atoms with Crippen molar-refractivity contribution >= 4 is 23.5 Å². The SMILES string of the molecule is O=C(NCCSCCCO)Nc1cccc(F)c1F. The molecule has 3 N–H and O–H groups in total. The van der Waals surface area contributed by atoms with E-state index >= 15 is 0 Å². The van der Waals surface area contributed by atoms with Gasteiger partial charge in [-0.25, -0.2) is 13.6 Å². The largest absolute Gasteiger partial charge is 0.396 e. The van der Waals surface area contributed by atoms with Crippen molar-refractivity contribution in [2.24, 2.45) is 0 Å². The summed E-state index contributed by atoms with van der Waals surface area (Å²) >= 11 is 1.60. The van der Waals surface area contributed by atoms with Crippen molar-refractivity contribution in [3.05, 3.63) is 29.8 Å². The monoisotopic (exact) mass is 290 g/mol. The lowest BCUT2D eigenvalue weighted by Gasteiger charge is -2.08. The summed E-state index contributed by atoms with van der Waals surface area (Å²) in [7, 11) is 0. The molecule has 0 heterocycles. The van der Waals surface area contributed by atoms with E-state index in [4.69, 9.17) is 5.11 Å². The van der Waals surface area contributed by atoms with Crippen LogP contribution >= 0.6 is 11.8 Å². The van der Waals surface area contributed by atoms with Crippen LogP contribution < -0.4 is 10.6 Å². The number of carbonyl (C=O) groups is 1. The number of aliphatic hydroxyl groups excluding tert-OH is 1. The van der Waals surface area contributed by atoms with Gasteiger partial charge in [-0.2, -0.15) is 11.8 Å². The van der Waals surface area contributed by atoms with Gasteiger partial charge in [0.15, 0.2) is 11.6 Å². The van der Waals surface area contributed by atoms with E-state index in [0.29, 0.717) is 18.7 Å². The minimum absolute atomic E-state index is 0.153. The Kier molecular flexibility index (Phi) is 7.20. The first-order valence-corrected chi connectivity index (χ1v) is 6.98. The second kappa shape index (κ2) is 8.71. The van der Waals surface area contributed by atoms with E-state index in [9.17, 15) is 13.6 Å². The first-order valence-electron chi connectivity index (χ1n) is 5.82. The van der Waals surface area contributed by atoms with E-state index in [0.717, 1.165) is 11.8 Å². The van der Waals surface area contributed by atoms with Gasteiger partial charge in [0, 0.05) is 18.9 Å². The van der Waals surface area contributed by atoms with Crippen LogP contribution in [0.4, 0.5) is 19.3 Å². The van der Waals surface area contributed by atoms with Gasteiger partial charge in [0.1, 0.15) is 0 Å². The van der Waals surface area contributed by atoms with Crippen LogP contribution in [0.1, 0.15) is 6.42 Å². The molecule has 19 heavy (non-hydrogen) atoms. The number of thioether (sulfide) groups is 1. The number of urea groups is 1. The molecular formula is C12H16F2N2O2S. The fourth-order valence-corrected chi connectivity index (χ4v) is 2.06. The molecule has 2 amide bonds. The van der Waals surface area contributed by atoms with Crippen LogP contribution in [0.2, 0.25) is 0 Å². The third kappa shape index (κ3) is 5.89. The zero-order valence-corrected chi connectivity index (χ0v) is 11.1. The quantitative estimate of drug-likeness (QED) is 0.675. The summed E-state index contributed by atoms with van der Waals surface area (Å²) in [6, 6.07) is 3.01. The van der Waals surface area contributed by atoms with Crippen LogP contribution in [0.5, 0.6) is 0 Å². The Morgan fingerprint density at radius 2 is 2.11 bits per heavy atom. The Morgan fingerprint density at radius 1 is 1.32 bits per heavy atom. The number of halogens is 2. The average Bonchev–Trinajstić information content (AvgIpc) is 2.39. The highest BCUT2D eigenvalue weighted by Gasteiger charge is 2.09. The number of hydrogen-bond acceptors (Lipinski definition) is 3. The first-order chi connectivity index (χ1) is 9.15. The van der Waals surface area contributed by atoms with Crippen molar-refractivity contribution in [1.29, 1.82) is 0 Å². The van der Waals surface area contributed by atoms with Gasteiger partial charge in [-0.1, -0.05) is 6.07 Å². The summed E-state index contributed by atoms with van der Waals surface area (Å²) in [6.07, 6.45) is 0.714. The second-order valence-corrected chi connectivity index (χ2v) is 4.90. The van der Waals surface area contributed by atoms with Crippen LogP contribution in [-0.2, 0) is 0 Å². The van der Waals surface area contributed by atoms with Gasteiger partial charge in [-0.05, 0) is 24.3 Å². The zero-order valence-electron chi connectivity index (χ0n) is 10.3. The Balaban J connectivity index is 2.26. The molecular weight excluding hydrogens is 274 g/mol. The molecule has 0 aliphatic rings. The molecule has 1 aromatic carbocycles. The Morgan fingerprint density at radius 3 is 2.84 bits per heavy atom. The van der Waals surface area contributed by atoms with Crippen molar-refractivity contribution in [3.8, 4) is 0 Å². The predicted octanol–water partition coefficient (Wildman–Crippen LogP) is 2.20. The van der Waals surface area contributed by atoms with Gasteiger partial charge in [0.2, 0.25) is 0 Å². The molecule has 0 unspecified atom stereocenters. The number of nitrogens with one attached hydrogen (secondary N) is 2. The van der Waals surface area contributed by atoms with Crippen LogP contribution in [0.3, 0.4) is 0 Å². The molecule has 7 heteroatoms. The summed E-state index contributed by atoms with van der Waals surface area (Å²) in [5, 5.41) is 13.3. The predicted molar refractivity (Wildman–Crippen MR) is 72.4 cm³/mol. The fraction of sp³-hybridized carbons (Fsp3) is 0.417. The lowest BCUT2D eigenvalue weighted by Crippen LogP contribution is -2.31. The highest BCUT2D eigenvalue weighted by molar-refractivity contribution is 7.99. The molecule has 0 bridgehead atoms. The molecule has 0 saturated heterocycles. The van der Waals surface area contributed by atoms with E-state index in [1.807, 2.05) is 0 Å². The number of hydrogen-bond donors (Lipinski definition) is 3. The molecule has 106 valence electrons. The lowest BCUT2D eigenvalue weighted by atomic mass is 10.3. The highest BCUT2D eigenvalue weighted by Crippen LogP contribution is 2.16. The van der Waals surface area contributed by atoms with Crippen molar-refractivity contribution in [1.82, 2.24) is 5.32 Å². The summed E-state index contributed by atoms with van der Waals surface area (Å²) in [6.45, 7) is 0.568. The van der Waals surface area contributed by atoms with Gasteiger partial charge in [0.25, 0.3) is 0 Å². The van der Waals surface area contributed by atoms with Gasteiger partial charge < -0.3 is 15.7 Å². The second-order valence-electron chi connectivity index (χ2n) is 3.67. The van der Waals surface area contributed by atoms with Crippen molar-refractivity contribution in [3.63, 3.8) is 0 Å². The van der Waals surface area contributed by atoms with Crippen LogP contribution in [-0.4, -0.2) is 35.8 Å². The van der Waals surface area contributed by atoms with Crippen LogP contribution in [0.25, 0.3) is 0 Å². The van der Waals surface area contributed by atoms with E-state index in [1.165, 1.54) is 12.1 Å². The number of anilines is 1. The third-order valence-corrected chi connectivity index (χ3v) is 3.25. The van der Waals surface area contributed by atoms with Crippen LogP contribution in [0.15, 0.2) is 18.2 Å². The average molecular weight is 290 g/mol. The maximum atomic E-state index is 13.2. The van der Waals surface area contributed by atoms with Gasteiger partial charge in [-0.3, -0.25) is 0 Å². The molecule has 0 spiro atoms. The normalized spacial score (nSPS) is 10.3. The molecule has 1 rings (SSSR count). The number of aliphatic hydroxyl groups is 1. The Hall–Kier alpha value is -1.34. The van der Waals surface area contributed by atoms with Crippen molar-refractivity contribution in [2.75, 3.05) is 30.0 Å². The van der Waals surface area contributed by atoms with Crippen molar-refractivity contribution in [2.45, 2.75) is 6.42 Å². The molecule has 4 nitrogen and oxygen atoms in total. The van der Waals surface area contributed by atoms with Crippen molar-refractivity contribution < 1.29 is 18.7 Å². The number of amides is 2. The minimum atomic E-state index is -1.07. The van der Waals surface area contributed by atoms with E-state index in [-0.39, 0.29) is 12.3 Å². The Labute approximate surface area is 114 Å². The molecule has 0 aliphatic carbocycles. The van der Waals surface area contributed by atoms with Gasteiger partial charge in [-0.15, -0.1) is 0 Å². The highest BCUT2D eigenvalue weighted by atomic mass is 32.2. The molecule has 0 saturated carbocycles. The summed E-state index contributed by atoms with van der Waals surface area (Å²) in [5.74, 6) is -0.565. The first kappa shape index (κ1) is 15.7. The minimum Gasteiger partial charge on any atom is -0.396 e.